The molecular weight excluding hydrogens is 651 g/mol. The summed E-state index contributed by atoms with van der Waals surface area (Å²) in [4.78, 5) is 42.7. The Kier molecular flexibility index (Phi) is 34.9. The fourth-order valence-electron chi connectivity index (χ4n) is 5.09. The fraction of sp³-hybridized carbons (Fsp3) is 0.707. The van der Waals surface area contributed by atoms with Gasteiger partial charge in [-0.1, -0.05) is 152 Å². The molecule has 0 spiro atoms. The number of carbonyl (C=O) groups is 2. The van der Waals surface area contributed by atoms with Crippen LogP contribution in [0, 0.1) is 0 Å². The summed E-state index contributed by atoms with van der Waals surface area (Å²) in [5.74, 6) is -0.981. The molecule has 0 unspecified atom stereocenters. The van der Waals surface area contributed by atoms with Gasteiger partial charge in [-0.3, -0.25) is 14.1 Å². The van der Waals surface area contributed by atoms with Crippen LogP contribution in [0.15, 0.2) is 60.8 Å². The van der Waals surface area contributed by atoms with Gasteiger partial charge in [0.2, 0.25) is 0 Å². The highest BCUT2D eigenvalue weighted by Crippen LogP contribution is 2.35. The van der Waals surface area contributed by atoms with E-state index in [-0.39, 0.29) is 19.4 Å². The molecule has 0 aliphatic carbocycles. The van der Waals surface area contributed by atoms with E-state index in [1.54, 1.807) is 0 Å². The lowest BCUT2D eigenvalue weighted by molar-refractivity contribution is -0.161. The van der Waals surface area contributed by atoms with Gasteiger partial charge >= 0.3 is 19.8 Å². The highest BCUT2D eigenvalue weighted by Gasteiger charge is 2.22. The zero-order chi connectivity index (χ0) is 36.8. The molecule has 0 aliphatic heterocycles. The number of unbranched alkanes of at least 4 members (excludes halogenated alkanes) is 15. The molecule has 50 heavy (non-hydrogen) atoms. The molecule has 0 rings (SSSR count). The molecule has 0 aromatic heterocycles. The van der Waals surface area contributed by atoms with Crippen molar-refractivity contribution in [2.45, 2.75) is 174 Å². The maximum Gasteiger partial charge on any atom is 0.469 e. The van der Waals surface area contributed by atoms with Crippen molar-refractivity contribution in [1.82, 2.24) is 0 Å². The maximum absolute atomic E-state index is 12.3. The summed E-state index contributed by atoms with van der Waals surface area (Å²) >= 11 is 0. The molecule has 0 aromatic rings. The van der Waals surface area contributed by atoms with Crippen molar-refractivity contribution in [3.05, 3.63) is 60.8 Å². The predicted octanol–water partition coefficient (Wildman–Crippen LogP) is 11.7. The topological polar surface area (TPSA) is 119 Å². The number of rotatable bonds is 35. The third kappa shape index (κ3) is 38.6. The molecule has 0 radical (unpaired) electrons. The Balaban J connectivity index is 4.06. The Morgan fingerprint density at radius 3 is 1.52 bits per heavy atom. The van der Waals surface area contributed by atoms with Gasteiger partial charge in [-0.05, 0) is 64.2 Å². The molecule has 0 aliphatic rings. The molecule has 9 heteroatoms. The first-order chi connectivity index (χ1) is 24.3. The van der Waals surface area contributed by atoms with Gasteiger partial charge in [-0.15, -0.1) is 0 Å². The van der Waals surface area contributed by atoms with Crippen LogP contribution in [0.4, 0.5) is 0 Å². The van der Waals surface area contributed by atoms with E-state index in [0.29, 0.717) is 12.8 Å². The Labute approximate surface area is 305 Å². The van der Waals surface area contributed by atoms with Crippen molar-refractivity contribution in [2.24, 2.45) is 0 Å². The highest BCUT2D eigenvalue weighted by molar-refractivity contribution is 7.46. The molecular formula is C41H71O8P. The van der Waals surface area contributed by atoms with E-state index < -0.39 is 32.5 Å². The van der Waals surface area contributed by atoms with Crippen LogP contribution in [0.1, 0.15) is 168 Å². The number of allylic oxidation sites excluding steroid dienone is 10. The Morgan fingerprint density at radius 1 is 0.520 bits per heavy atom. The summed E-state index contributed by atoms with van der Waals surface area (Å²) in [6.45, 7) is 3.55. The van der Waals surface area contributed by atoms with E-state index in [4.69, 9.17) is 19.3 Å². The number of phosphoric ester groups is 1. The van der Waals surface area contributed by atoms with Crippen molar-refractivity contribution >= 4 is 19.8 Å². The molecule has 288 valence electrons. The minimum absolute atomic E-state index is 0.119. The van der Waals surface area contributed by atoms with E-state index in [1.165, 1.54) is 70.6 Å². The summed E-state index contributed by atoms with van der Waals surface area (Å²) in [6, 6.07) is 0. The summed E-state index contributed by atoms with van der Waals surface area (Å²) < 4.78 is 26.3. The van der Waals surface area contributed by atoms with Gasteiger partial charge < -0.3 is 19.3 Å². The second-order valence-corrected chi connectivity index (χ2v) is 14.1. The molecule has 2 N–H and O–H groups in total. The van der Waals surface area contributed by atoms with Crippen LogP contribution in [0.2, 0.25) is 0 Å². The van der Waals surface area contributed by atoms with Crippen LogP contribution < -0.4 is 0 Å². The standard InChI is InChI=1S/C41H71O8P/c1-3-5-7-9-11-13-15-17-19-20-22-23-25-27-29-31-33-35-40(42)47-37-39(38-48-50(44,45)46)49-41(43)36-34-32-30-28-26-24-21-18-16-14-12-10-8-6-4-2/h7,9,13,15,19-20,23,25,30,32,39H,3-6,8,10-12,14,16-18,21-22,24,26-29,31,33-38H2,1-2H3,(H2,44,45,46)/b9-7+,15-13+,20-19+,25-23+,32-30+/t39-/m1/s1. The third-order valence-electron chi connectivity index (χ3n) is 8.00. The van der Waals surface area contributed by atoms with Crippen LogP contribution in [-0.2, 0) is 28.2 Å². The van der Waals surface area contributed by atoms with Crippen LogP contribution in [0.5, 0.6) is 0 Å². The largest absolute Gasteiger partial charge is 0.469 e. The molecule has 1 atom stereocenters. The zero-order valence-corrected chi connectivity index (χ0v) is 32.4. The van der Waals surface area contributed by atoms with E-state index >= 15 is 0 Å². The monoisotopic (exact) mass is 722 g/mol. The molecule has 0 heterocycles. The summed E-state index contributed by atoms with van der Waals surface area (Å²) in [7, 11) is -4.77. The molecule has 0 aromatic carbocycles. The smallest absolute Gasteiger partial charge is 0.462 e. The Bertz CT molecular complexity index is 995. The first-order valence-electron chi connectivity index (χ1n) is 19.6. The highest BCUT2D eigenvalue weighted by atomic mass is 31.2. The van der Waals surface area contributed by atoms with Gasteiger partial charge in [-0.25, -0.2) is 4.57 Å². The van der Waals surface area contributed by atoms with Crippen LogP contribution >= 0.6 is 7.82 Å². The van der Waals surface area contributed by atoms with Crippen LogP contribution in [0.25, 0.3) is 0 Å². The normalized spacial score (nSPS) is 13.1. The fourth-order valence-corrected chi connectivity index (χ4v) is 5.45. The van der Waals surface area contributed by atoms with Gasteiger partial charge in [0.05, 0.1) is 6.61 Å². The molecule has 0 saturated carbocycles. The first-order valence-corrected chi connectivity index (χ1v) is 21.1. The average molecular weight is 723 g/mol. The van der Waals surface area contributed by atoms with Gasteiger partial charge in [0.1, 0.15) is 6.61 Å². The van der Waals surface area contributed by atoms with Crippen molar-refractivity contribution in [3.8, 4) is 0 Å². The lowest BCUT2D eigenvalue weighted by Gasteiger charge is -2.18. The average Bonchev–Trinajstić information content (AvgIpc) is 3.08. The minimum Gasteiger partial charge on any atom is -0.462 e. The van der Waals surface area contributed by atoms with E-state index in [2.05, 4.69) is 73.1 Å². The second-order valence-electron chi connectivity index (χ2n) is 12.9. The van der Waals surface area contributed by atoms with Crippen LogP contribution in [0.3, 0.4) is 0 Å². The summed E-state index contributed by atoms with van der Waals surface area (Å²) in [5.41, 5.74) is 0. The zero-order valence-electron chi connectivity index (χ0n) is 31.5. The van der Waals surface area contributed by atoms with E-state index in [9.17, 15) is 14.2 Å². The van der Waals surface area contributed by atoms with E-state index in [0.717, 1.165) is 57.8 Å². The SMILES string of the molecule is CCC/C=C/C/C=C/C/C=C/C/C=C/CCCCCC(=O)OC[C@H](COP(=O)(O)O)OC(=O)CC/C=C/CCCCCCCCCCCCC. The van der Waals surface area contributed by atoms with Crippen LogP contribution in [-0.4, -0.2) is 41.0 Å². The number of carbonyl (C=O) groups excluding carboxylic acids is 2. The Hall–Kier alpha value is -2.25. The van der Waals surface area contributed by atoms with Gasteiger partial charge in [0.15, 0.2) is 6.10 Å². The van der Waals surface area contributed by atoms with Crippen molar-refractivity contribution < 1.29 is 37.9 Å². The van der Waals surface area contributed by atoms with Gasteiger partial charge in [0.25, 0.3) is 0 Å². The van der Waals surface area contributed by atoms with Gasteiger partial charge in [0, 0.05) is 12.8 Å². The maximum atomic E-state index is 12.3. The number of hydrogen-bond donors (Lipinski definition) is 2. The van der Waals surface area contributed by atoms with Gasteiger partial charge in [-0.2, -0.15) is 0 Å². The molecule has 0 fully saturated rings. The molecule has 8 nitrogen and oxygen atoms in total. The number of hydrogen-bond acceptors (Lipinski definition) is 6. The minimum atomic E-state index is -4.77. The quantitative estimate of drug-likeness (QED) is 0.0287. The molecule has 0 amide bonds. The lowest BCUT2D eigenvalue weighted by Crippen LogP contribution is -2.29. The molecule has 0 saturated heterocycles. The van der Waals surface area contributed by atoms with Crippen molar-refractivity contribution in [2.75, 3.05) is 13.2 Å². The first kappa shape index (κ1) is 47.8. The number of phosphoric acid groups is 1. The van der Waals surface area contributed by atoms with Crippen molar-refractivity contribution in [3.63, 3.8) is 0 Å². The number of esters is 2. The second kappa shape index (κ2) is 36.5. The van der Waals surface area contributed by atoms with E-state index in [1.807, 2.05) is 6.08 Å². The number of ether oxygens (including phenoxy) is 2. The molecule has 0 bridgehead atoms. The van der Waals surface area contributed by atoms with Crippen molar-refractivity contribution in [1.29, 1.82) is 0 Å². The predicted molar refractivity (Wildman–Crippen MR) is 207 cm³/mol. The summed E-state index contributed by atoms with van der Waals surface area (Å²) in [6.07, 6.45) is 45.2. The summed E-state index contributed by atoms with van der Waals surface area (Å²) in [5, 5.41) is 0. The lowest BCUT2D eigenvalue weighted by atomic mass is 10.1. The third-order valence-corrected chi connectivity index (χ3v) is 8.49. The Morgan fingerprint density at radius 2 is 0.980 bits per heavy atom.